The van der Waals surface area contributed by atoms with Gasteiger partial charge in [0.2, 0.25) is 5.91 Å². The lowest BCUT2D eigenvalue weighted by Crippen LogP contribution is -2.51. The lowest BCUT2D eigenvalue weighted by Gasteiger charge is -2.36. The molecule has 2 amide bonds. The first-order valence-corrected chi connectivity index (χ1v) is 7.79. The fourth-order valence-electron chi connectivity index (χ4n) is 2.55. The Bertz CT molecular complexity index is 536. The molecule has 1 heterocycles. The van der Waals surface area contributed by atoms with E-state index in [2.05, 4.69) is 0 Å². The van der Waals surface area contributed by atoms with Gasteiger partial charge in [-0.15, -0.1) is 0 Å². The van der Waals surface area contributed by atoms with Gasteiger partial charge in [0, 0.05) is 37.7 Å². The summed E-state index contributed by atoms with van der Waals surface area (Å²) in [6.07, 6.45) is 0.849. The Hall–Kier alpha value is -2.04. The van der Waals surface area contributed by atoms with Crippen LogP contribution in [0.4, 0.5) is 0 Å². The number of ether oxygens (including phenoxy) is 1. The molecule has 5 nitrogen and oxygen atoms in total. The SMILES string of the molecule is CCC(C)C(=O)N1CCN(C(=O)c2cccc(OC)c2)CC1. The van der Waals surface area contributed by atoms with E-state index in [0.717, 1.165) is 6.42 Å². The van der Waals surface area contributed by atoms with E-state index in [-0.39, 0.29) is 17.7 Å². The van der Waals surface area contributed by atoms with Gasteiger partial charge in [0.1, 0.15) is 5.75 Å². The highest BCUT2D eigenvalue weighted by molar-refractivity contribution is 5.94. The van der Waals surface area contributed by atoms with Gasteiger partial charge in [-0.25, -0.2) is 0 Å². The zero-order valence-corrected chi connectivity index (χ0v) is 13.5. The summed E-state index contributed by atoms with van der Waals surface area (Å²) in [4.78, 5) is 28.3. The van der Waals surface area contributed by atoms with Gasteiger partial charge < -0.3 is 14.5 Å². The maximum atomic E-state index is 12.5. The van der Waals surface area contributed by atoms with Gasteiger partial charge in [-0.3, -0.25) is 9.59 Å². The fourth-order valence-corrected chi connectivity index (χ4v) is 2.55. The van der Waals surface area contributed by atoms with Crippen molar-refractivity contribution in [2.24, 2.45) is 5.92 Å². The lowest BCUT2D eigenvalue weighted by atomic mass is 10.1. The molecular weight excluding hydrogens is 280 g/mol. The molecule has 1 aromatic rings. The first kappa shape index (κ1) is 16.3. The van der Waals surface area contributed by atoms with E-state index in [1.54, 1.807) is 24.1 Å². The van der Waals surface area contributed by atoms with Gasteiger partial charge in [-0.05, 0) is 24.6 Å². The van der Waals surface area contributed by atoms with E-state index in [4.69, 9.17) is 4.74 Å². The van der Waals surface area contributed by atoms with Crippen LogP contribution in [0.3, 0.4) is 0 Å². The average Bonchev–Trinajstić information content (AvgIpc) is 2.59. The van der Waals surface area contributed by atoms with Crippen LogP contribution in [0, 0.1) is 5.92 Å². The molecule has 120 valence electrons. The molecule has 0 N–H and O–H groups in total. The summed E-state index contributed by atoms with van der Waals surface area (Å²) in [5, 5.41) is 0. The molecule has 0 bridgehead atoms. The third-order valence-electron chi connectivity index (χ3n) is 4.23. The van der Waals surface area contributed by atoms with Gasteiger partial charge in [-0.1, -0.05) is 19.9 Å². The van der Waals surface area contributed by atoms with Crippen molar-refractivity contribution in [3.05, 3.63) is 29.8 Å². The largest absolute Gasteiger partial charge is 0.497 e. The first-order valence-electron chi connectivity index (χ1n) is 7.79. The van der Waals surface area contributed by atoms with Crippen molar-refractivity contribution in [1.29, 1.82) is 0 Å². The Morgan fingerprint density at radius 3 is 2.41 bits per heavy atom. The molecule has 1 aliphatic rings. The minimum absolute atomic E-state index is 0.00506. The van der Waals surface area contributed by atoms with Crippen LogP contribution in [-0.2, 0) is 4.79 Å². The van der Waals surface area contributed by atoms with Crippen LogP contribution in [0.1, 0.15) is 30.6 Å². The van der Waals surface area contributed by atoms with Crippen LogP contribution in [0.2, 0.25) is 0 Å². The summed E-state index contributed by atoms with van der Waals surface area (Å²) in [5.41, 5.74) is 0.626. The minimum atomic E-state index is -0.00506. The quantitative estimate of drug-likeness (QED) is 0.855. The normalized spacial score (nSPS) is 16.3. The maximum Gasteiger partial charge on any atom is 0.254 e. The number of hydrogen-bond acceptors (Lipinski definition) is 3. The van der Waals surface area contributed by atoms with Crippen LogP contribution in [0.15, 0.2) is 24.3 Å². The summed E-state index contributed by atoms with van der Waals surface area (Å²) in [7, 11) is 1.59. The van der Waals surface area contributed by atoms with Crippen LogP contribution < -0.4 is 4.74 Å². The zero-order valence-electron chi connectivity index (χ0n) is 13.5. The molecule has 22 heavy (non-hydrogen) atoms. The van der Waals surface area contributed by atoms with E-state index >= 15 is 0 Å². The monoisotopic (exact) mass is 304 g/mol. The second kappa shape index (κ2) is 7.29. The topological polar surface area (TPSA) is 49.9 Å². The van der Waals surface area contributed by atoms with Crippen molar-refractivity contribution in [1.82, 2.24) is 9.80 Å². The molecule has 0 spiro atoms. The standard InChI is InChI=1S/C17H24N2O3/c1-4-13(2)16(20)18-8-10-19(11-9-18)17(21)14-6-5-7-15(12-14)22-3/h5-7,12-13H,4,8-11H2,1-3H3. The van der Waals surface area contributed by atoms with Crippen LogP contribution >= 0.6 is 0 Å². The van der Waals surface area contributed by atoms with E-state index in [1.165, 1.54) is 0 Å². The van der Waals surface area contributed by atoms with E-state index in [0.29, 0.717) is 37.5 Å². The van der Waals surface area contributed by atoms with Gasteiger partial charge in [0.25, 0.3) is 5.91 Å². The second-order valence-corrected chi connectivity index (χ2v) is 5.66. The zero-order chi connectivity index (χ0) is 16.1. The molecule has 1 aromatic carbocycles. The first-order chi connectivity index (χ1) is 10.6. The maximum absolute atomic E-state index is 12.5. The van der Waals surface area contributed by atoms with Gasteiger partial charge in [0.05, 0.1) is 7.11 Å². The van der Waals surface area contributed by atoms with E-state index in [1.807, 2.05) is 30.9 Å². The molecule has 1 unspecified atom stereocenters. The average molecular weight is 304 g/mol. The molecule has 1 atom stereocenters. The Morgan fingerprint density at radius 1 is 1.18 bits per heavy atom. The van der Waals surface area contributed by atoms with Crippen LogP contribution in [-0.4, -0.2) is 54.9 Å². The Kier molecular flexibility index (Phi) is 5.41. The van der Waals surface area contributed by atoms with Crippen molar-refractivity contribution in [2.45, 2.75) is 20.3 Å². The van der Waals surface area contributed by atoms with Crippen molar-refractivity contribution in [2.75, 3.05) is 33.3 Å². The van der Waals surface area contributed by atoms with Crippen molar-refractivity contribution < 1.29 is 14.3 Å². The summed E-state index contributed by atoms with van der Waals surface area (Å²) < 4.78 is 5.16. The highest BCUT2D eigenvalue weighted by atomic mass is 16.5. The van der Waals surface area contributed by atoms with E-state index < -0.39 is 0 Å². The number of carbonyl (C=O) groups is 2. The highest BCUT2D eigenvalue weighted by Crippen LogP contribution is 2.16. The molecule has 0 aliphatic carbocycles. The third kappa shape index (κ3) is 3.59. The number of piperazine rings is 1. The molecular formula is C17H24N2O3. The summed E-state index contributed by atoms with van der Waals surface area (Å²) in [5.74, 6) is 0.919. The molecule has 1 aliphatic heterocycles. The van der Waals surface area contributed by atoms with Gasteiger partial charge >= 0.3 is 0 Å². The van der Waals surface area contributed by atoms with Gasteiger partial charge in [-0.2, -0.15) is 0 Å². The number of benzene rings is 1. The Morgan fingerprint density at radius 2 is 1.82 bits per heavy atom. The van der Waals surface area contributed by atoms with Crippen LogP contribution in [0.25, 0.3) is 0 Å². The smallest absolute Gasteiger partial charge is 0.254 e. The molecule has 1 saturated heterocycles. The summed E-state index contributed by atoms with van der Waals surface area (Å²) in [6.45, 7) is 6.36. The number of carbonyl (C=O) groups excluding carboxylic acids is 2. The third-order valence-corrected chi connectivity index (χ3v) is 4.23. The number of hydrogen-bond donors (Lipinski definition) is 0. The number of rotatable bonds is 4. The Labute approximate surface area is 131 Å². The summed E-state index contributed by atoms with van der Waals surface area (Å²) >= 11 is 0. The predicted octanol–water partition coefficient (Wildman–Crippen LogP) is 2.03. The molecule has 5 heteroatoms. The van der Waals surface area contributed by atoms with E-state index in [9.17, 15) is 9.59 Å². The number of methoxy groups -OCH3 is 1. The second-order valence-electron chi connectivity index (χ2n) is 5.66. The highest BCUT2D eigenvalue weighted by Gasteiger charge is 2.26. The van der Waals surface area contributed by atoms with Gasteiger partial charge in [0.15, 0.2) is 0 Å². The predicted molar refractivity (Wildman–Crippen MR) is 84.9 cm³/mol. The number of nitrogens with zero attached hydrogens (tertiary/aromatic N) is 2. The van der Waals surface area contributed by atoms with Crippen molar-refractivity contribution >= 4 is 11.8 Å². The number of amides is 2. The summed E-state index contributed by atoms with van der Waals surface area (Å²) in [6, 6.07) is 7.18. The minimum Gasteiger partial charge on any atom is -0.497 e. The molecule has 2 rings (SSSR count). The fraction of sp³-hybridized carbons (Fsp3) is 0.529. The van der Waals surface area contributed by atoms with Crippen molar-refractivity contribution in [3.63, 3.8) is 0 Å². The Balaban J connectivity index is 1.96. The molecule has 0 saturated carbocycles. The molecule has 0 aromatic heterocycles. The molecule has 0 radical (unpaired) electrons. The molecule has 1 fully saturated rings. The van der Waals surface area contributed by atoms with Crippen LogP contribution in [0.5, 0.6) is 5.75 Å². The lowest BCUT2D eigenvalue weighted by molar-refractivity contribution is -0.136. The van der Waals surface area contributed by atoms with Crippen molar-refractivity contribution in [3.8, 4) is 5.75 Å².